The van der Waals surface area contributed by atoms with Gasteiger partial charge in [0.1, 0.15) is 11.5 Å². The number of hydrogen-bond acceptors (Lipinski definition) is 6. The van der Waals surface area contributed by atoms with E-state index in [-0.39, 0.29) is 0 Å². The van der Waals surface area contributed by atoms with Gasteiger partial charge in [-0.25, -0.2) is 4.98 Å². The summed E-state index contributed by atoms with van der Waals surface area (Å²) < 4.78 is 7.08. The van der Waals surface area contributed by atoms with Gasteiger partial charge >= 0.3 is 0 Å². The lowest BCUT2D eigenvalue weighted by molar-refractivity contribution is 0.426. The number of anilines is 3. The number of hydrogen-bond donors (Lipinski definition) is 0. The lowest BCUT2D eigenvalue weighted by Gasteiger charge is -2.41. The fraction of sp³-hybridized carbons (Fsp3) is 0.0227. The molecule has 0 fully saturated rings. The number of ether oxygens (including phenoxy) is 1. The van der Waals surface area contributed by atoms with Crippen LogP contribution in [0.2, 0.25) is 0 Å². The molecule has 6 heteroatoms. The summed E-state index contributed by atoms with van der Waals surface area (Å²) in [6, 6.07) is 49.5. The smallest absolute Gasteiger partial charge is 0.148 e. The minimum absolute atomic E-state index is 0.677. The van der Waals surface area contributed by atoms with E-state index in [2.05, 4.69) is 131 Å². The van der Waals surface area contributed by atoms with Crippen molar-refractivity contribution >= 4 is 39.6 Å². The highest BCUT2D eigenvalue weighted by Gasteiger charge is 2.53. The van der Waals surface area contributed by atoms with Gasteiger partial charge in [0.25, 0.3) is 0 Å². The van der Waals surface area contributed by atoms with Gasteiger partial charge < -0.3 is 9.64 Å². The summed E-state index contributed by atoms with van der Waals surface area (Å²) in [7, 11) is 0. The maximum Gasteiger partial charge on any atom is 0.148 e. The van der Waals surface area contributed by atoms with Gasteiger partial charge in [-0.05, 0) is 71.1 Å². The van der Waals surface area contributed by atoms with Crippen LogP contribution in [-0.4, -0.2) is 15.0 Å². The van der Waals surface area contributed by atoms with Crippen molar-refractivity contribution in [3.8, 4) is 34.1 Å². The second-order valence-electron chi connectivity index (χ2n) is 12.8. The number of pyridine rings is 3. The molecule has 1 atom stereocenters. The summed E-state index contributed by atoms with van der Waals surface area (Å²) in [5.74, 6) is 1.71. The van der Waals surface area contributed by atoms with Gasteiger partial charge in [-0.2, -0.15) is 0 Å². The fourth-order valence-corrected chi connectivity index (χ4v) is 9.36. The van der Waals surface area contributed by atoms with Crippen LogP contribution >= 0.6 is 11.8 Å². The molecule has 234 valence electrons. The van der Waals surface area contributed by atoms with Crippen molar-refractivity contribution in [2.24, 2.45) is 0 Å². The van der Waals surface area contributed by atoms with Gasteiger partial charge in [-0.3, -0.25) is 9.97 Å². The van der Waals surface area contributed by atoms with Crippen molar-refractivity contribution in [2.45, 2.75) is 15.2 Å². The van der Waals surface area contributed by atoms with E-state index >= 15 is 0 Å². The molecule has 0 bridgehead atoms. The third-order valence-corrected chi connectivity index (χ3v) is 11.4. The van der Waals surface area contributed by atoms with Crippen molar-refractivity contribution < 1.29 is 4.74 Å². The Labute approximate surface area is 292 Å². The molecule has 50 heavy (non-hydrogen) atoms. The zero-order valence-electron chi connectivity index (χ0n) is 26.6. The Morgan fingerprint density at radius 1 is 0.560 bits per heavy atom. The summed E-state index contributed by atoms with van der Waals surface area (Å²) in [6.45, 7) is 0. The molecule has 0 N–H and O–H groups in total. The lowest BCUT2D eigenvalue weighted by atomic mass is 9.66. The Hall–Kier alpha value is -6.24. The van der Waals surface area contributed by atoms with E-state index < -0.39 is 5.41 Å². The molecule has 5 aromatic carbocycles. The Balaban J connectivity index is 1.21. The van der Waals surface area contributed by atoms with Crippen LogP contribution in [0.1, 0.15) is 22.3 Å². The number of nitrogens with zero attached hydrogens (tertiary/aromatic N) is 4. The molecule has 0 radical (unpaired) electrons. The number of para-hydroxylation sites is 2. The van der Waals surface area contributed by atoms with Gasteiger partial charge in [0.05, 0.1) is 44.5 Å². The fourth-order valence-electron chi connectivity index (χ4n) is 8.22. The Bertz CT molecular complexity index is 2690. The Morgan fingerprint density at radius 2 is 1.32 bits per heavy atom. The maximum atomic E-state index is 7.08. The van der Waals surface area contributed by atoms with Crippen LogP contribution in [0.4, 0.5) is 17.1 Å². The summed E-state index contributed by atoms with van der Waals surface area (Å²) >= 11 is 1.78. The average Bonchev–Trinajstić information content (AvgIpc) is 3.47. The second-order valence-corrected chi connectivity index (χ2v) is 13.8. The second kappa shape index (κ2) is 10.4. The topological polar surface area (TPSA) is 51.1 Å². The summed E-state index contributed by atoms with van der Waals surface area (Å²) in [5, 5.41) is 2.40. The van der Waals surface area contributed by atoms with Crippen molar-refractivity contribution in [1.29, 1.82) is 0 Å². The first kappa shape index (κ1) is 27.7. The first-order chi connectivity index (χ1) is 24.8. The van der Waals surface area contributed by atoms with E-state index in [4.69, 9.17) is 14.7 Å². The predicted molar refractivity (Wildman–Crippen MR) is 199 cm³/mol. The van der Waals surface area contributed by atoms with Crippen LogP contribution in [0.3, 0.4) is 0 Å². The molecule has 2 aliphatic heterocycles. The predicted octanol–water partition coefficient (Wildman–Crippen LogP) is 11.1. The molecule has 5 nitrogen and oxygen atoms in total. The SMILES string of the molecule is c1ccc2c(c1)Oc1c(ccc3c1Sc1ccccc1N3c1cccc3ccccc13)C21c2cccnc2-c2nc(-c3ccncc3)ccc21. The largest absolute Gasteiger partial charge is 0.455 e. The minimum atomic E-state index is -0.677. The highest BCUT2D eigenvalue weighted by molar-refractivity contribution is 7.99. The van der Waals surface area contributed by atoms with Crippen LogP contribution in [0, 0.1) is 0 Å². The van der Waals surface area contributed by atoms with Crippen LogP contribution < -0.4 is 9.64 Å². The van der Waals surface area contributed by atoms with Crippen LogP contribution in [0.5, 0.6) is 11.5 Å². The molecule has 0 amide bonds. The molecule has 3 aliphatic rings. The van der Waals surface area contributed by atoms with Crippen LogP contribution in [0.25, 0.3) is 33.4 Å². The van der Waals surface area contributed by atoms with E-state index in [0.717, 1.165) is 78.4 Å². The van der Waals surface area contributed by atoms with E-state index in [9.17, 15) is 0 Å². The molecule has 0 saturated heterocycles. The van der Waals surface area contributed by atoms with Crippen molar-refractivity contribution in [2.75, 3.05) is 4.90 Å². The van der Waals surface area contributed by atoms with Crippen molar-refractivity contribution in [3.05, 3.63) is 180 Å². The summed E-state index contributed by atoms with van der Waals surface area (Å²) in [4.78, 5) is 19.2. The van der Waals surface area contributed by atoms with Gasteiger partial charge in [0.2, 0.25) is 0 Å². The lowest BCUT2D eigenvalue weighted by Crippen LogP contribution is -2.33. The summed E-state index contributed by atoms with van der Waals surface area (Å²) in [5.41, 5.74) is 10.8. The van der Waals surface area contributed by atoms with Crippen molar-refractivity contribution in [1.82, 2.24) is 15.0 Å². The van der Waals surface area contributed by atoms with E-state index in [1.807, 2.05) is 36.8 Å². The van der Waals surface area contributed by atoms with Crippen molar-refractivity contribution in [3.63, 3.8) is 0 Å². The van der Waals surface area contributed by atoms with Crippen LogP contribution in [0.15, 0.2) is 168 Å². The Morgan fingerprint density at radius 3 is 2.28 bits per heavy atom. The molecule has 11 rings (SSSR count). The average molecular weight is 659 g/mol. The highest BCUT2D eigenvalue weighted by atomic mass is 32.2. The first-order valence-corrected chi connectivity index (χ1v) is 17.5. The molecule has 5 heterocycles. The Kier molecular flexibility index (Phi) is 5.75. The van der Waals surface area contributed by atoms with Crippen LogP contribution in [-0.2, 0) is 5.41 Å². The zero-order chi connectivity index (χ0) is 32.8. The third-order valence-electron chi connectivity index (χ3n) is 10.3. The van der Waals surface area contributed by atoms with Gasteiger partial charge in [-0.15, -0.1) is 0 Å². The maximum absolute atomic E-state index is 7.08. The van der Waals surface area contributed by atoms with E-state index in [1.165, 1.54) is 15.7 Å². The quantitative estimate of drug-likeness (QED) is 0.184. The molecular weight excluding hydrogens is 633 g/mol. The highest BCUT2D eigenvalue weighted by Crippen LogP contribution is 2.65. The normalized spacial score (nSPS) is 16.1. The first-order valence-electron chi connectivity index (χ1n) is 16.7. The molecule has 8 aromatic rings. The third kappa shape index (κ3) is 3.66. The number of benzene rings is 5. The van der Waals surface area contributed by atoms with Gasteiger partial charge in [0, 0.05) is 45.6 Å². The zero-order valence-corrected chi connectivity index (χ0v) is 27.4. The molecule has 1 unspecified atom stereocenters. The monoisotopic (exact) mass is 658 g/mol. The molecule has 0 saturated carbocycles. The number of rotatable bonds is 2. The summed E-state index contributed by atoms with van der Waals surface area (Å²) in [6.07, 6.45) is 5.49. The minimum Gasteiger partial charge on any atom is -0.455 e. The van der Waals surface area contributed by atoms with Gasteiger partial charge in [-0.1, -0.05) is 96.7 Å². The molecule has 3 aromatic heterocycles. The molecular formula is C44H26N4OS. The number of aromatic nitrogens is 3. The van der Waals surface area contributed by atoms with Gasteiger partial charge in [0.15, 0.2) is 0 Å². The molecule has 1 aliphatic carbocycles. The standard InChI is InChI=1S/C44H26N4OS/c1-2-11-29-27(9-1)10-7-15-35(29)48-36-14-4-6-17-39(36)50-43-37(48)21-19-33-42(43)49-38-16-5-3-12-30(38)44(33)31-13-8-24-46-40(31)41-32(44)18-20-34(47-41)28-22-25-45-26-23-28/h1-26H. The molecule has 1 spiro atoms. The van der Waals surface area contributed by atoms with E-state index in [0.29, 0.717) is 0 Å². The number of fused-ring (bicyclic) bond motifs is 13. The van der Waals surface area contributed by atoms with E-state index in [1.54, 1.807) is 11.8 Å².